The lowest BCUT2D eigenvalue weighted by atomic mass is 10.1. The zero-order valence-electron chi connectivity index (χ0n) is 10.8. The van der Waals surface area contributed by atoms with E-state index in [4.69, 9.17) is 0 Å². The van der Waals surface area contributed by atoms with Gasteiger partial charge in [0.2, 0.25) is 0 Å². The third-order valence-electron chi connectivity index (χ3n) is 3.62. The van der Waals surface area contributed by atoms with Crippen LogP contribution in [0.1, 0.15) is 30.7 Å². The Bertz CT molecular complexity index is 442. The standard InChI is InChI=1S/C14H19N3O.ClH/c18-14(16-11-7-8-15-9-11)17-13-4-2-1-3-12(13)10-5-6-10;/h1-4,10-11,15H,5-9H2,(H2,16,17,18);1H/t11-;/m1./s1. The Labute approximate surface area is 119 Å². The summed E-state index contributed by atoms with van der Waals surface area (Å²) in [6.07, 6.45) is 3.50. The van der Waals surface area contributed by atoms with E-state index in [2.05, 4.69) is 22.0 Å². The van der Waals surface area contributed by atoms with Gasteiger partial charge in [-0.3, -0.25) is 0 Å². The molecular formula is C14H20ClN3O. The summed E-state index contributed by atoms with van der Waals surface area (Å²) in [7, 11) is 0. The van der Waals surface area contributed by atoms with Crippen molar-refractivity contribution in [2.45, 2.75) is 31.2 Å². The van der Waals surface area contributed by atoms with Gasteiger partial charge < -0.3 is 16.0 Å². The average Bonchev–Trinajstić information content (AvgIpc) is 3.09. The van der Waals surface area contributed by atoms with Crippen LogP contribution in [0.4, 0.5) is 10.5 Å². The number of carbonyl (C=O) groups excluding carboxylic acids is 1. The van der Waals surface area contributed by atoms with Gasteiger partial charge in [0.15, 0.2) is 0 Å². The summed E-state index contributed by atoms with van der Waals surface area (Å²) in [6.45, 7) is 1.86. The largest absolute Gasteiger partial charge is 0.334 e. The van der Waals surface area contributed by atoms with E-state index in [1.165, 1.54) is 18.4 Å². The van der Waals surface area contributed by atoms with E-state index in [0.29, 0.717) is 5.92 Å². The minimum atomic E-state index is -0.0863. The van der Waals surface area contributed by atoms with Gasteiger partial charge in [-0.2, -0.15) is 0 Å². The van der Waals surface area contributed by atoms with Gasteiger partial charge in [-0.1, -0.05) is 18.2 Å². The van der Waals surface area contributed by atoms with Crippen LogP contribution in [0.5, 0.6) is 0 Å². The summed E-state index contributed by atoms with van der Waals surface area (Å²) in [4.78, 5) is 11.9. The highest BCUT2D eigenvalue weighted by molar-refractivity contribution is 5.90. The number of nitrogens with one attached hydrogen (secondary N) is 3. The van der Waals surface area contributed by atoms with E-state index < -0.39 is 0 Å². The van der Waals surface area contributed by atoms with Crippen molar-refractivity contribution in [2.24, 2.45) is 0 Å². The zero-order valence-corrected chi connectivity index (χ0v) is 11.6. The van der Waals surface area contributed by atoms with Crippen molar-refractivity contribution < 1.29 is 4.79 Å². The van der Waals surface area contributed by atoms with Crippen LogP contribution in [0.2, 0.25) is 0 Å². The molecule has 19 heavy (non-hydrogen) atoms. The molecule has 0 spiro atoms. The first-order valence-corrected chi connectivity index (χ1v) is 6.70. The van der Waals surface area contributed by atoms with Gasteiger partial charge in [-0.25, -0.2) is 4.79 Å². The number of urea groups is 1. The van der Waals surface area contributed by atoms with E-state index >= 15 is 0 Å². The summed E-state index contributed by atoms with van der Waals surface area (Å²) in [5.41, 5.74) is 2.24. The van der Waals surface area contributed by atoms with Gasteiger partial charge >= 0.3 is 6.03 Å². The fourth-order valence-corrected chi connectivity index (χ4v) is 2.48. The van der Waals surface area contributed by atoms with E-state index in [9.17, 15) is 4.79 Å². The highest BCUT2D eigenvalue weighted by atomic mass is 35.5. The number of rotatable bonds is 3. The third kappa shape index (κ3) is 3.61. The van der Waals surface area contributed by atoms with Crippen LogP contribution in [0, 0.1) is 0 Å². The zero-order chi connectivity index (χ0) is 12.4. The fraction of sp³-hybridized carbons (Fsp3) is 0.500. The maximum absolute atomic E-state index is 11.9. The van der Waals surface area contributed by atoms with E-state index in [1.807, 2.05) is 18.2 Å². The van der Waals surface area contributed by atoms with Crippen LogP contribution in [0.3, 0.4) is 0 Å². The van der Waals surface area contributed by atoms with Gasteiger partial charge in [-0.15, -0.1) is 12.4 Å². The highest BCUT2D eigenvalue weighted by Crippen LogP contribution is 2.43. The van der Waals surface area contributed by atoms with E-state index in [0.717, 1.165) is 25.2 Å². The topological polar surface area (TPSA) is 53.2 Å². The molecule has 1 aliphatic carbocycles. The van der Waals surface area contributed by atoms with E-state index in [-0.39, 0.29) is 24.5 Å². The number of hydrogen-bond donors (Lipinski definition) is 3. The second-order valence-corrected chi connectivity index (χ2v) is 5.15. The molecule has 1 saturated carbocycles. The maximum atomic E-state index is 11.9. The molecule has 2 aliphatic rings. The van der Waals surface area contributed by atoms with Crippen molar-refractivity contribution in [3.63, 3.8) is 0 Å². The second-order valence-electron chi connectivity index (χ2n) is 5.15. The molecular weight excluding hydrogens is 262 g/mol. The normalized spacial score (nSPS) is 21.6. The van der Waals surface area contributed by atoms with E-state index in [1.54, 1.807) is 0 Å². The van der Waals surface area contributed by atoms with Crippen LogP contribution in [-0.2, 0) is 0 Å². The van der Waals surface area contributed by atoms with Crippen molar-refractivity contribution >= 4 is 24.1 Å². The lowest BCUT2D eigenvalue weighted by molar-refractivity contribution is 0.249. The molecule has 1 heterocycles. The van der Waals surface area contributed by atoms with Crippen molar-refractivity contribution in [1.29, 1.82) is 0 Å². The minimum absolute atomic E-state index is 0. The minimum Gasteiger partial charge on any atom is -0.334 e. The molecule has 0 bridgehead atoms. The molecule has 1 aromatic rings. The Kier molecular flexibility index (Phi) is 4.66. The SMILES string of the molecule is Cl.O=C(Nc1ccccc1C1CC1)N[C@@H]1CCNC1. The van der Waals surface area contributed by atoms with Crippen LogP contribution in [0.25, 0.3) is 0 Å². The number of amides is 2. The molecule has 2 amide bonds. The maximum Gasteiger partial charge on any atom is 0.319 e. The molecule has 1 atom stereocenters. The van der Waals surface area contributed by atoms with Crippen LogP contribution < -0.4 is 16.0 Å². The molecule has 1 aliphatic heterocycles. The monoisotopic (exact) mass is 281 g/mol. The molecule has 1 aromatic carbocycles. The Balaban J connectivity index is 0.00000133. The lowest BCUT2D eigenvalue weighted by Gasteiger charge is -2.14. The molecule has 5 heteroatoms. The van der Waals surface area contributed by atoms with Crippen molar-refractivity contribution in [3.05, 3.63) is 29.8 Å². The molecule has 0 aromatic heterocycles. The number of benzene rings is 1. The van der Waals surface area contributed by atoms with Gasteiger partial charge in [-0.05, 0) is 43.4 Å². The molecule has 3 rings (SSSR count). The summed E-state index contributed by atoms with van der Waals surface area (Å²) in [5, 5.41) is 9.22. The first-order valence-electron chi connectivity index (χ1n) is 6.70. The molecule has 2 fully saturated rings. The van der Waals surface area contributed by atoms with Crippen LogP contribution in [-0.4, -0.2) is 25.2 Å². The molecule has 4 nitrogen and oxygen atoms in total. The summed E-state index contributed by atoms with van der Waals surface area (Å²) in [5.74, 6) is 0.648. The number of para-hydroxylation sites is 1. The quantitative estimate of drug-likeness (QED) is 0.797. The van der Waals surface area contributed by atoms with Gasteiger partial charge in [0.05, 0.1) is 0 Å². The fourth-order valence-electron chi connectivity index (χ4n) is 2.48. The first-order chi connectivity index (χ1) is 8.83. The highest BCUT2D eigenvalue weighted by Gasteiger charge is 2.26. The number of halogens is 1. The van der Waals surface area contributed by atoms with Crippen molar-refractivity contribution in [1.82, 2.24) is 10.6 Å². The Hall–Kier alpha value is -1.26. The molecule has 104 valence electrons. The predicted octanol–water partition coefficient (Wildman–Crippen LogP) is 2.47. The van der Waals surface area contributed by atoms with Crippen LogP contribution in [0.15, 0.2) is 24.3 Å². The Morgan fingerprint density at radius 1 is 1.21 bits per heavy atom. The molecule has 0 unspecified atom stereocenters. The number of anilines is 1. The number of carbonyl (C=O) groups is 1. The van der Waals surface area contributed by atoms with Crippen molar-refractivity contribution in [3.8, 4) is 0 Å². The lowest BCUT2D eigenvalue weighted by Crippen LogP contribution is -2.39. The summed E-state index contributed by atoms with van der Waals surface area (Å²) in [6, 6.07) is 8.29. The smallest absolute Gasteiger partial charge is 0.319 e. The van der Waals surface area contributed by atoms with Crippen molar-refractivity contribution in [2.75, 3.05) is 18.4 Å². The third-order valence-corrected chi connectivity index (χ3v) is 3.62. The average molecular weight is 282 g/mol. The molecule has 0 radical (unpaired) electrons. The predicted molar refractivity (Wildman–Crippen MR) is 79.1 cm³/mol. The second kappa shape index (κ2) is 6.26. The summed E-state index contributed by atoms with van der Waals surface area (Å²) < 4.78 is 0. The van der Waals surface area contributed by atoms with Gasteiger partial charge in [0.25, 0.3) is 0 Å². The summed E-state index contributed by atoms with van der Waals surface area (Å²) >= 11 is 0. The first kappa shape index (κ1) is 14.2. The van der Waals surface area contributed by atoms with Gasteiger partial charge in [0.1, 0.15) is 0 Å². The Morgan fingerprint density at radius 2 is 2.00 bits per heavy atom. The Morgan fingerprint density at radius 3 is 2.68 bits per heavy atom. The molecule has 1 saturated heterocycles. The van der Waals surface area contributed by atoms with Crippen LogP contribution >= 0.6 is 12.4 Å². The number of hydrogen-bond acceptors (Lipinski definition) is 2. The van der Waals surface area contributed by atoms with Gasteiger partial charge in [0, 0.05) is 18.3 Å². The molecule has 3 N–H and O–H groups in total.